The van der Waals surface area contributed by atoms with Crippen LogP contribution in [0.25, 0.3) is 10.9 Å². The molecular weight excluding hydrogens is 605 g/mol. The Labute approximate surface area is 242 Å². The topological polar surface area (TPSA) is 107 Å². The number of carbonyl (C=O) groups excluding carboxylic acids is 1. The monoisotopic (exact) mass is 639 g/mol. The van der Waals surface area contributed by atoms with Gasteiger partial charge < -0.3 is 20.6 Å². The van der Waals surface area contributed by atoms with Crippen LogP contribution in [0.1, 0.15) is 60.4 Å². The van der Waals surface area contributed by atoms with Crippen molar-refractivity contribution in [2.75, 3.05) is 25.0 Å². The summed E-state index contributed by atoms with van der Waals surface area (Å²) >= 11 is 2.38. The molecule has 0 saturated carbocycles. The van der Waals surface area contributed by atoms with Gasteiger partial charge in [0.05, 0.1) is 16.0 Å². The molecule has 204 valence electrons. The fourth-order valence-electron chi connectivity index (χ4n) is 5.47. The Balaban J connectivity index is 1.19. The van der Waals surface area contributed by atoms with Crippen LogP contribution < -0.4 is 10.6 Å². The summed E-state index contributed by atoms with van der Waals surface area (Å²) in [5.74, 6) is 0.373. The number of benzene rings is 2. The lowest BCUT2D eigenvalue weighted by Crippen LogP contribution is -2.43. The fraction of sp³-hybridized carbons (Fsp3) is 0.400. The first-order valence-electron chi connectivity index (χ1n) is 13.6. The average Bonchev–Trinajstić information content (AvgIpc) is 2.95. The average molecular weight is 640 g/mol. The minimum absolute atomic E-state index is 0.0426. The molecule has 3 heterocycles. The number of carboxylic acids is 1. The molecule has 3 unspecified atom stereocenters. The second-order valence-electron chi connectivity index (χ2n) is 10.4. The quantitative estimate of drug-likeness (QED) is 0.167. The van der Waals surface area contributed by atoms with E-state index in [0.29, 0.717) is 18.0 Å². The van der Waals surface area contributed by atoms with Gasteiger partial charge in [-0.2, -0.15) is 0 Å². The summed E-state index contributed by atoms with van der Waals surface area (Å²) in [5, 5.41) is 17.1. The van der Waals surface area contributed by atoms with E-state index in [-0.39, 0.29) is 22.3 Å². The molecule has 0 spiro atoms. The minimum Gasteiger partial charge on any atom is -0.481 e. The largest absolute Gasteiger partial charge is 0.481 e. The van der Waals surface area contributed by atoms with Gasteiger partial charge in [0, 0.05) is 42.5 Å². The number of anilines is 1. The summed E-state index contributed by atoms with van der Waals surface area (Å²) in [6, 6.07) is 17.6. The van der Waals surface area contributed by atoms with Crippen LogP contribution in [0.5, 0.6) is 0 Å². The van der Waals surface area contributed by atoms with Crippen LogP contribution >= 0.6 is 22.6 Å². The highest BCUT2D eigenvalue weighted by molar-refractivity contribution is 14.1. The summed E-state index contributed by atoms with van der Waals surface area (Å²) < 4.78 is 0.0927. The number of piperidine rings is 1. The molecular formula is C30H34IN5O3. The highest BCUT2D eigenvalue weighted by Crippen LogP contribution is 2.35. The molecule has 3 aromatic rings. The van der Waals surface area contributed by atoms with Crippen molar-refractivity contribution in [2.45, 2.75) is 48.5 Å². The van der Waals surface area contributed by atoms with Crippen LogP contribution in [-0.2, 0) is 4.79 Å². The third-order valence-corrected chi connectivity index (χ3v) is 8.78. The first-order chi connectivity index (χ1) is 19.0. The summed E-state index contributed by atoms with van der Waals surface area (Å²) in [4.78, 5) is 36.1. The normalized spacial score (nSPS) is 20.1. The fourth-order valence-corrected chi connectivity index (χ4v) is 6.72. The van der Waals surface area contributed by atoms with E-state index in [4.69, 9.17) is 0 Å². The second kappa shape index (κ2) is 12.8. The molecule has 0 radical (unpaired) electrons. The van der Waals surface area contributed by atoms with Gasteiger partial charge in [-0.15, -0.1) is 0 Å². The van der Waals surface area contributed by atoms with Crippen molar-refractivity contribution >= 4 is 57.0 Å². The SMILES string of the molecule is O=C(O)CC(CCC1CCN(C(=O)c2cccc(NC3=NCCCN3)c2)C(I)C1)c1cnc2ccccc2c1. The Morgan fingerprint density at radius 1 is 1.18 bits per heavy atom. The molecule has 2 aliphatic heterocycles. The number of pyridine rings is 1. The number of nitrogens with one attached hydrogen (secondary N) is 2. The number of halogens is 1. The molecule has 1 fully saturated rings. The van der Waals surface area contributed by atoms with Crippen molar-refractivity contribution in [1.82, 2.24) is 15.2 Å². The van der Waals surface area contributed by atoms with Crippen molar-refractivity contribution in [3.05, 3.63) is 71.9 Å². The van der Waals surface area contributed by atoms with E-state index in [1.165, 1.54) is 0 Å². The van der Waals surface area contributed by atoms with Crippen LogP contribution in [-0.4, -0.2) is 56.5 Å². The lowest BCUT2D eigenvalue weighted by atomic mass is 9.85. The maximum atomic E-state index is 13.4. The van der Waals surface area contributed by atoms with Gasteiger partial charge in [0.15, 0.2) is 5.96 Å². The molecule has 2 aromatic carbocycles. The number of hydrogen-bond acceptors (Lipinski definition) is 6. The zero-order valence-corrected chi connectivity index (χ0v) is 24.0. The molecule has 8 nitrogen and oxygen atoms in total. The first kappa shape index (κ1) is 27.4. The highest BCUT2D eigenvalue weighted by Gasteiger charge is 2.31. The molecule has 0 aliphatic carbocycles. The highest BCUT2D eigenvalue weighted by atomic mass is 127. The van der Waals surface area contributed by atoms with Gasteiger partial charge in [-0.25, -0.2) is 0 Å². The molecule has 9 heteroatoms. The van der Waals surface area contributed by atoms with E-state index < -0.39 is 5.97 Å². The van der Waals surface area contributed by atoms with Crippen molar-refractivity contribution in [1.29, 1.82) is 0 Å². The Hall–Kier alpha value is -3.21. The Kier molecular flexibility index (Phi) is 8.95. The number of para-hydroxylation sites is 1. The maximum absolute atomic E-state index is 13.4. The lowest BCUT2D eigenvalue weighted by Gasteiger charge is -2.37. The van der Waals surface area contributed by atoms with E-state index in [0.717, 1.165) is 73.3 Å². The number of fused-ring (bicyclic) bond motifs is 1. The first-order valence-corrected chi connectivity index (χ1v) is 14.9. The van der Waals surface area contributed by atoms with Crippen LogP contribution in [0.3, 0.4) is 0 Å². The van der Waals surface area contributed by atoms with E-state index >= 15 is 0 Å². The Morgan fingerprint density at radius 3 is 2.85 bits per heavy atom. The van der Waals surface area contributed by atoms with Crippen LogP contribution in [0.2, 0.25) is 0 Å². The molecule has 0 bridgehead atoms. The van der Waals surface area contributed by atoms with E-state index in [2.05, 4.69) is 49.3 Å². The summed E-state index contributed by atoms with van der Waals surface area (Å²) in [6.45, 7) is 2.39. The Bertz CT molecular complexity index is 1360. The summed E-state index contributed by atoms with van der Waals surface area (Å²) in [5.41, 5.74) is 3.42. The number of rotatable bonds is 8. The van der Waals surface area contributed by atoms with E-state index in [1.807, 2.05) is 59.6 Å². The van der Waals surface area contributed by atoms with Gasteiger partial charge in [-0.3, -0.25) is 19.6 Å². The third-order valence-electron chi connectivity index (χ3n) is 7.60. The van der Waals surface area contributed by atoms with Gasteiger partial charge in [-0.05, 0) is 79.8 Å². The van der Waals surface area contributed by atoms with Gasteiger partial charge in [0.2, 0.25) is 0 Å². The molecule has 2 aliphatic rings. The number of hydrogen-bond donors (Lipinski definition) is 3. The van der Waals surface area contributed by atoms with Crippen molar-refractivity contribution < 1.29 is 14.7 Å². The molecule has 3 atom stereocenters. The number of guanidine groups is 1. The number of aliphatic imine (C=N–C) groups is 1. The minimum atomic E-state index is -0.789. The zero-order valence-electron chi connectivity index (χ0n) is 21.9. The number of carboxylic acid groups (broad SMARTS) is 1. The number of alkyl halides is 1. The van der Waals surface area contributed by atoms with Gasteiger partial charge in [0.25, 0.3) is 5.91 Å². The standard InChI is InChI=1S/C30H34IN5O3/c31-27-15-20(9-10-21(18-28(37)38)24-16-22-5-1-2-8-26(22)34-19-24)11-14-36(27)29(39)23-6-3-7-25(17-23)35-30-32-12-4-13-33-30/h1-3,5-8,16-17,19-21,27H,4,9-15,18H2,(H,37,38)(H2,32,33,35). The molecule has 39 heavy (non-hydrogen) atoms. The molecule has 1 aromatic heterocycles. The molecule has 5 rings (SSSR count). The molecule has 3 N–H and O–H groups in total. The lowest BCUT2D eigenvalue weighted by molar-refractivity contribution is -0.137. The second-order valence-corrected chi connectivity index (χ2v) is 11.8. The third kappa shape index (κ3) is 7.06. The Morgan fingerprint density at radius 2 is 2.05 bits per heavy atom. The maximum Gasteiger partial charge on any atom is 0.303 e. The van der Waals surface area contributed by atoms with Gasteiger partial charge in [-0.1, -0.05) is 46.9 Å². The van der Waals surface area contributed by atoms with Crippen molar-refractivity contribution in [3.8, 4) is 0 Å². The number of aromatic nitrogens is 1. The van der Waals surface area contributed by atoms with Crippen LogP contribution in [0.4, 0.5) is 5.69 Å². The van der Waals surface area contributed by atoms with Crippen molar-refractivity contribution in [2.24, 2.45) is 10.9 Å². The van der Waals surface area contributed by atoms with E-state index in [9.17, 15) is 14.7 Å². The zero-order chi connectivity index (χ0) is 27.2. The van der Waals surface area contributed by atoms with Gasteiger partial charge in [0.1, 0.15) is 0 Å². The van der Waals surface area contributed by atoms with Gasteiger partial charge >= 0.3 is 5.97 Å². The van der Waals surface area contributed by atoms with Crippen LogP contribution in [0, 0.1) is 5.92 Å². The van der Waals surface area contributed by atoms with E-state index in [1.54, 1.807) is 0 Å². The number of nitrogens with zero attached hydrogens (tertiary/aromatic N) is 3. The predicted molar refractivity (Wildman–Crippen MR) is 163 cm³/mol. The summed E-state index contributed by atoms with van der Waals surface area (Å²) in [7, 11) is 0. The molecule has 1 saturated heterocycles. The predicted octanol–water partition coefficient (Wildman–Crippen LogP) is 5.65. The number of aliphatic carboxylic acids is 1. The number of amides is 1. The molecule has 1 amide bonds. The van der Waals surface area contributed by atoms with Crippen LogP contribution in [0.15, 0.2) is 65.8 Å². The summed E-state index contributed by atoms with van der Waals surface area (Å²) in [6.07, 6.45) is 6.49. The number of carbonyl (C=O) groups is 2. The number of likely N-dealkylation sites (tertiary alicyclic amines) is 1. The smallest absolute Gasteiger partial charge is 0.303 e. The van der Waals surface area contributed by atoms with Crippen molar-refractivity contribution in [3.63, 3.8) is 0 Å².